The number of benzene rings is 2. The number of para-hydroxylation sites is 1. The van der Waals surface area contributed by atoms with E-state index in [1.165, 1.54) is 25.8 Å². The van der Waals surface area contributed by atoms with E-state index >= 15 is 0 Å². The molecule has 3 amide bonds. The van der Waals surface area contributed by atoms with Gasteiger partial charge >= 0.3 is 0 Å². The number of likely N-dealkylation sites (N-methyl/N-ethyl adjacent to an activating group) is 1. The Labute approximate surface area is 237 Å². The summed E-state index contributed by atoms with van der Waals surface area (Å²) in [6, 6.07) is 14.2. The topological polar surface area (TPSA) is 120 Å². The summed E-state index contributed by atoms with van der Waals surface area (Å²) in [5, 5.41) is 20.0. The number of nitrogens with one attached hydrogen (secondary N) is 3. The number of carbonyl (C=O) groups excluding carboxylic acids is 3. The molecule has 0 aliphatic carbocycles. The van der Waals surface area contributed by atoms with Crippen LogP contribution in [-0.2, 0) is 20.8 Å². The smallest absolute Gasteiger partial charge is 0.246 e. The Hall–Kier alpha value is -3.69. The molecule has 9 heteroatoms. The third-order valence-electron chi connectivity index (χ3n) is 6.80. The summed E-state index contributed by atoms with van der Waals surface area (Å²) in [5.74, 6) is -0.609. The maximum atomic E-state index is 13.7. The van der Waals surface area contributed by atoms with Crippen LogP contribution in [0.25, 0.3) is 6.08 Å². The molecule has 1 heterocycles. The first-order valence-corrected chi connectivity index (χ1v) is 13.8. The van der Waals surface area contributed by atoms with Gasteiger partial charge in [-0.15, -0.1) is 0 Å². The zero-order chi connectivity index (χ0) is 29.1. The summed E-state index contributed by atoms with van der Waals surface area (Å²) in [6.45, 7) is 5.93. The van der Waals surface area contributed by atoms with Gasteiger partial charge in [0.25, 0.3) is 0 Å². The third kappa shape index (κ3) is 8.66. The zero-order valence-electron chi connectivity index (χ0n) is 23.9. The molecule has 40 heavy (non-hydrogen) atoms. The normalized spacial score (nSPS) is 22.7. The van der Waals surface area contributed by atoms with Crippen molar-refractivity contribution in [1.82, 2.24) is 20.9 Å². The van der Waals surface area contributed by atoms with Crippen molar-refractivity contribution in [2.75, 3.05) is 26.7 Å². The number of fused-ring (bicyclic) bond motifs is 1. The minimum absolute atomic E-state index is 0.238. The highest BCUT2D eigenvalue weighted by Crippen LogP contribution is 2.20. The van der Waals surface area contributed by atoms with Gasteiger partial charge in [0.05, 0.1) is 11.6 Å². The second-order valence-corrected chi connectivity index (χ2v) is 10.6. The van der Waals surface area contributed by atoms with Crippen LogP contribution < -0.4 is 20.7 Å². The van der Waals surface area contributed by atoms with Crippen molar-refractivity contribution in [1.29, 1.82) is 0 Å². The van der Waals surface area contributed by atoms with Crippen LogP contribution >= 0.6 is 0 Å². The Morgan fingerprint density at radius 2 is 1.70 bits per heavy atom. The van der Waals surface area contributed by atoms with E-state index in [2.05, 4.69) is 16.0 Å². The van der Waals surface area contributed by atoms with Gasteiger partial charge in [0.15, 0.2) is 0 Å². The fourth-order valence-electron chi connectivity index (χ4n) is 4.87. The number of nitrogens with zero attached hydrogens (tertiary/aromatic N) is 1. The molecule has 1 unspecified atom stereocenters. The fourth-order valence-corrected chi connectivity index (χ4v) is 4.87. The molecule has 0 saturated heterocycles. The lowest BCUT2D eigenvalue weighted by atomic mass is 9.94. The second-order valence-electron chi connectivity index (χ2n) is 10.6. The minimum Gasteiger partial charge on any atom is -0.492 e. The van der Waals surface area contributed by atoms with E-state index in [0.29, 0.717) is 25.3 Å². The first-order valence-electron chi connectivity index (χ1n) is 13.8. The Morgan fingerprint density at radius 1 is 1.00 bits per heavy atom. The Bertz CT molecular complexity index is 1160. The largest absolute Gasteiger partial charge is 0.492 e. The van der Waals surface area contributed by atoms with Gasteiger partial charge in [0.2, 0.25) is 17.7 Å². The lowest BCUT2D eigenvalue weighted by molar-refractivity contribution is -0.150. The monoisotopic (exact) mass is 550 g/mol. The van der Waals surface area contributed by atoms with Crippen molar-refractivity contribution in [2.24, 2.45) is 0 Å². The highest BCUT2D eigenvalue weighted by atomic mass is 16.5. The molecule has 2 aromatic carbocycles. The van der Waals surface area contributed by atoms with Crippen LogP contribution in [0.5, 0.6) is 5.75 Å². The molecule has 0 aromatic heterocycles. The number of amides is 3. The van der Waals surface area contributed by atoms with Crippen molar-refractivity contribution in [3.63, 3.8) is 0 Å². The Kier molecular flexibility index (Phi) is 11.3. The molecule has 0 saturated carbocycles. The van der Waals surface area contributed by atoms with E-state index in [4.69, 9.17) is 4.74 Å². The van der Waals surface area contributed by atoms with Crippen LogP contribution in [0, 0.1) is 0 Å². The van der Waals surface area contributed by atoms with Gasteiger partial charge in [0.1, 0.15) is 24.4 Å². The summed E-state index contributed by atoms with van der Waals surface area (Å²) >= 11 is 0. The summed E-state index contributed by atoms with van der Waals surface area (Å²) in [4.78, 5) is 41.9. The number of rotatable bonds is 5. The van der Waals surface area contributed by atoms with Gasteiger partial charge < -0.3 is 30.7 Å². The number of hydrogen-bond donors (Lipinski definition) is 4. The Balaban J connectivity index is 1.96. The van der Waals surface area contributed by atoms with Crippen LogP contribution in [0.2, 0.25) is 0 Å². The quantitative estimate of drug-likeness (QED) is 0.454. The molecule has 0 spiro atoms. The molecule has 1 aliphatic rings. The summed E-state index contributed by atoms with van der Waals surface area (Å²) in [6.07, 6.45) is 5.23. The van der Waals surface area contributed by atoms with Crippen LogP contribution in [0.1, 0.15) is 44.7 Å². The number of hydrogen-bond acceptors (Lipinski definition) is 6. The lowest BCUT2D eigenvalue weighted by Crippen LogP contribution is -2.63. The van der Waals surface area contributed by atoms with Crippen molar-refractivity contribution in [2.45, 2.75) is 63.8 Å². The predicted octanol–water partition coefficient (Wildman–Crippen LogP) is 2.29. The molecule has 1 aliphatic heterocycles. The molecule has 9 nitrogen and oxygen atoms in total. The highest BCUT2D eigenvalue weighted by Gasteiger charge is 2.41. The third-order valence-corrected chi connectivity index (χ3v) is 6.80. The van der Waals surface area contributed by atoms with E-state index in [-0.39, 0.29) is 24.8 Å². The standard InChI is InChI=1S/C31H42N4O5/c1-5-12-24-30(38)35(4)27(31(2,3)39)29(37)34-25(21-22-13-7-6-8-14-22)28(36)33-18-11-16-23-15-9-10-17-26(23)40-20-19-32-24/h6-11,13-17,24-25,27,32,39H,5,12,18-21H2,1-4H3,(H,33,36)(H,34,37)/b16-11+/t24?,25-,27-/m1/s1. The molecule has 216 valence electrons. The fraction of sp³-hybridized carbons (Fsp3) is 0.452. The van der Waals surface area contributed by atoms with Crippen LogP contribution in [-0.4, -0.2) is 78.2 Å². The van der Waals surface area contributed by atoms with Gasteiger partial charge in [-0.3, -0.25) is 14.4 Å². The van der Waals surface area contributed by atoms with Crippen molar-refractivity contribution in [3.8, 4) is 5.75 Å². The van der Waals surface area contributed by atoms with Gasteiger partial charge in [0, 0.05) is 32.1 Å². The van der Waals surface area contributed by atoms with Crippen LogP contribution in [0.15, 0.2) is 60.7 Å². The summed E-state index contributed by atoms with van der Waals surface area (Å²) in [7, 11) is 1.51. The number of aliphatic hydroxyl groups is 1. The van der Waals surface area contributed by atoms with Crippen molar-refractivity contribution >= 4 is 23.8 Å². The van der Waals surface area contributed by atoms with E-state index in [1.807, 2.05) is 73.7 Å². The average Bonchev–Trinajstić information content (AvgIpc) is 2.92. The molecular weight excluding hydrogens is 508 g/mol. The minimum atomic E-state index is -1.57. The van der Waals surface area contributed by atoms with Crippen molar-refractivity contribution < 1.29 is 24.2 Å². The van der Waals surface area contributed by atoms with Crippen LogP contribution in [0.3, 0.4) is 0 Å². The van der Waals surface area contributed by atoms with Crippen molar-refractivity contribution in [3.05, 3.63) is 71.8 Å². The van der Waals surface area contributed by atoms with Gasteiger partial charge in [-0.2, -0.15) is 0 Å². The maximum Gasteiger partial charge on any atom is 0.246 e. The average molecular weight is 551 g/mol. The van der Waals surface area contributed by atoms with E-state index in [0.717, 1.165) is 17.5 Å². The predicted molar refractivity (Wildman–Crippen MR) is 156 cm³/mol. The molecule has 2 aromatic rings. The maximum absolute atomic E-state index is 13.7. The zero-order valence-corrected chi connectivity index (χ0v) is 23.9. The van der Waals surface area contributed by atoms with Gasteiger partial charge in [-0.1, -0.05) is 74.0 Å². The number of carbonyl (C=O) groups is 3. The first-order chi connectivity index (χ1) is 19.1. The molecule has 4 N–H and O–H groups in total. The molecule has 0 fully saturated rings. The van der Waals surface area contributed by atoms with Crippen LogP contribution in [0.4, 0.5) is 0 Å². The van der Waals surface area contributed by atoms with Gasteiger partial charge in [-0.25, -0.2) is 0 Å². The SMILES string of the molecule is CCCC1NCCOc2ccccc2/C=C/CNC(=O)[C@@H](Cc2ccccc2)NC(=O)[C@H](C(C)(C)O)N(C)C1=O. The molecule has 3 rings (SSSR count). The lowest BCUT2D eigenvalue weighted by Gasteiger charge is -2.38. The van der Waals surface area contributed by atoms with E-state index in [9.17, 15) is 19.5 Å². The van der Waals surface area contributed by atoms with Gasteiger partial charge in [-0.05, 0) is 31.9 Å². The first kappa shape index (κ1) is 30.8. The second kappa shape index (κ2) is 14.6. The summed E-state index contributed by atoms with van der Waals surface area (Å²) < 4.78 is 5.99. The van der Waals surface area contributed by atoms with E-state index in [1.54, 1.807) is 0 Å². The molecule has 3 atom stereocenters. The molecular formula is C31H42N4O5. The molecule has 0 bridgehead atoms. The number of ether oxygens (including phenoxy) is 1. The van der Waals surface area contributed by atoms with E-state index < -0.39 is 29.6 Å². The highest BCUT2D eigenvalue weighted by molar-refractivity contribution is 5.94. The Morgan fingerprint density at radius 3 is 2.40 bits per heavy atom. The summed E-state index contributed by atoms with van der Waals surface area (Å²) in [5.41, 5.74) is 0.152. The molecule has 0 radical (unpaired) electrons.